The summed E-state index contributed by atoms with van der Waals surface area (Å²) in [5, 5.41) is 0.232. The van der Waals surface area contributed by atoms with Gasteiger partial charge in [-0.25, -0.2) is 22.0 Å². The molecule has 0 spiro atoms. The Kier molecular flexibility index (Phi) is 10.8. The van der Waals surface area contributed by atoms with E-state index in [1.165, 1.54) is 17.9 Å². The molecule has 0 saturated carbocycles. The minimum Gasteiger partial charge on any atom is -0.494 e. The van der Waals surface area contributed by atoms with E-state index in [0.717, 1.165) is 32.2 Å². The Morgan fingerprint density at radius 2 is 1.47 bits per heavy atom. The Hall–Kier alpha value is -5.52. The number of rotatable bonds is 11. The second-order valence-corrected chi connectivity index (χ2v) is 19.0. The topological polar surface area (TPSA) is 52.8 Å². The molecule has 0 N–H and O–H groups in total. The zero-order valence-corrected chi connectivity index (χ0v) is 33.9. The molecule has 0 unspecified atom stereocenters. The molecule has 7 rings (SSSR count). The standard InChI is InChI=1S/C47H43F5N2O3S/c1-28-21-30(3)53-42-36(28)22-29(2)40(45(42)56-7)35-20-14-19-34-37(44(55)31-23-38(48)41(50)39(49)24-31)25-54(43(34)35)26-47(51,52)27-57-58(46(4,5)6,32-15-10-8-11-16-32)33-17-12-9-13-18-33/h8-20,22-25H,1,21,26-27H2,2-7H3. The number of para-hydroxylation sites is 1. The lowest BCUT2D eigenvalue weighted by Crippen LogP contribution is -2.34. The summed E-state index contributed by atoms with van der Waals surface area (Å²) in [4.78, 5) is 20.5. The number of carbonyl (C=O) groups is 1. The van der Waals surface area contributed by atoms with Crippen molar-refractivity contribution in [1.29, 1.82) is 0 Å². The van der Waals surface area contributed by atoms with Gasteiger partial charge >= 0.3 is 0 Å². The molecule has 0 atom stereocenters. The van der Waals surface area contributed by atoms with Crippen LogP contribution in [0.15, 0.2) is 125 Å². The Labute approximate surface area is 336 Å². The Morgan fingerprint density at radius 3 is 2.03 bits per heavy atom. The van der Waals surface area contributed by atoms with Crippen molar-refractivity contribution in [2.45, 2.75) is 68.0 Å². The van der Waals surface area contributed by atoms with E-state index < -0.39 is 62.9 Å². The lowest BCUT2D eigenvalue weighted by molar-refractivity contribution is -0.0510. The van der Waals surface area contributed by atoms with Crippen molar-refractivity contribution in [2.75, 3.05) is 13.7 Å². The van der Waals surface area contributed by atoms with Gasteiger partial charge in [0.1, 0.15) is 12.3 Å². The predicted octanol–water partition coefficient (Wildman–Crippen LogP) is 13.1. The minimum absolute atomic E-state index is 0.112. The van der Waals surface area contributed by atoms with Crippen LogP contribution >= 0.6 is 10.3 Å². The number of ether oxygens (including phenoxy) is 1. The Balaban J connectivity index is 1.41. The first-order chi connectivity index (χ1) is 27.5. The van der Waals surface area contributed by atoms with Gasteiger partial charge in [0.2, 0.25) is 0 Å². The summed E-state index contributed by atoms with van der Waals surface area (Å²) >= 11 is 0. The number of aromatic nitrogens is 1. The van der Waals surface area contributed by atoms with E-state index in [0.29, 0.717) is 41.1 Å². The van der Waals surface area contributed by atoms with Crippen molar-refractivity contribution in [1.82, 2.24) is 4.57 Å². The fourth-order valence-electron chi connectivity index (χ4n) is 7.88. The van der Waals surface area contributed by atoms with Gasteiger partial charge in [0, 0.05) is 66.1 Å². The molecule has 0 fully saturated rings. The highest BCUT2D eigenvalue weighted by Gasteiger charge is 2.45. The van der Waals surface area contributed by atoms with Crippen molar-refractivity contribution >= 4 is 44.0 Å². The molecule has 0 bridgehead atoms. The summed E-state index contributed by atoms with van der Waals surface area (Å²) in [5.41, 5.74) is 4.40. The van der Waals surface area contributed by atoms with Gasteiger partial charge in [-0.2, -0.15) is 0 Å². The molecule has 1 aromatic heterocycles. The summed E-state index contributed by atoms with van der Waals surface area (Å²) in [6, 6.07) is 26.9. The highest BCUT2D eigenvalue weighted by atomic mass is 32.3. The maximum Gasteiger partial charge on any atom is 0.289 e. The number of alkyl halides is 2. The molecule has 1 aliphatic rings. The molecule has 1 aliphatic heterocycles. The van der Waals surface area contributed by atoms with E-state index in [1.807, 2.05) is 101 Å². The van der Waals surface area contributed by atoms with Gasteiger partial charge in [-0.3, -0.25) is 9.79 Å². The molecular weight excluding hydrogens is 768 g/mol. The zero-order chi connectivity index (χ0) is 41.7. The summed E-state index contributed by atoms with van der Waals surface area (Å²) in [6.07, 6.45) is 1.83. The maximum absolute atomic E-state index is 16.9. The number of hydrogen-bond donors (Lipinski definition) is 0. The van der Waals surface area contributed by atoms with Gasteiger partial charge in [0.05, 0.1) is 19.2 Å². The lowest BCUT2D eigenvalue weighted by atomic mass is 9.89. The van der Waals surface area contributed by atoms with E-state index in [1.54, 1.807) is 18.2 Å². The second-order valence-electron chi connectivity index (χ2n) is 15.5. The van der Waals surface area contributed by atoms with Crippen LogP contribution in [0.3, 0.4) is 0 Å². The molecule has 6 aromatic rings. The Bertz CT molecular complexity index is 2550. The number of hydrogen-bond acceptors (Lipinski definition) is 4. The molecule has 11 heteroatoms. The largest absolute Gasteiger partial charge is 0.494 e. The second kappa shape index (κ2) is 15.3. The smallest absolute Gasteiger partial charge is 0.289 e. The molecule has 0 radical (unpaired) electrons. The number of carbonyl (C=O) groups excluding carboxylic acids is 1. The van der Waals surface area contributed by atoms with Crippen LogP contribution in [0.5, 0.6) is 5.75 Å². The number of allylic oxidation sites excluding steroid dienone is 1. The van der Waals surface area contributed by atoms with Crippen molar-refractivity contribution in [3.05, 3.63) is 150 Å². The zero-order valence-electron chi connectivity index (χ0n) is 33.1. The van der Waals surface area contributed by atoms with Crippen molar-refractivity contribution < 1.29 is 35.7 Å². The summed E-state index contributed by atoms with van der Waals surface area (Å²) in [6.45, 7) is 12.0. The number of methoxy groups -OCH3 is 1. The van der Waals surface area contributed by atoms with Crippen LogP contribution in [0.25, 0.3) is 27.6 Å². The van der Waals surface area contributed by atoms with Crippen LogP contribution in [0, 0.1) is 24.4 Å². The summed E-state index contributed by atoms with van der Waals surface area (Å²) < 4.78 is 90.1. The van der Waals surface area contributed by atoms with Gasteiger partial charge in [-0.15, -0.1) is 0 Å². The van der Waals surface area contributed by atoms with Crippen molar-refractivity contribution in [3.8, 4) is 16.9 Å². The molecule has 5 nitrogen and oxygen atoms in total. The quantitative estimate of drug-likeness (QED) is 0.0744. The van der Waals surface area contributed by atoms with Crippen LogP contribution in [0.1, 0.15) is 61.2 Å². The van der Waals surface area contributed by atoms with Crippen molar-refractivity contribution in [2.24, 2.45) is 4.99 Å². The maximum atomic E-state index is 16.9. The monoisotopic (exact) mass is 810 g/mol. The van der Waals surface area contributed by atoms with Gasteiger partial charge in [0.25, 0.3) is 5.92 Å². The summed E-state index contributed by atoms with van der Waals surface area (Å²) in [5.74, 6) is -8.85. The minimum atomic E-state index is -3.53. The molecule has 0 amide bonds. The molecule has 58 heavy (non-hydrogen) atoms. The van der Waals surface area contributed by atoms with E-state index in [4.69, 9.17) is 13.9 Å². The lowest BCUT2D eigenvalue weighted by Gasteiger charge is -2.50. The average Bonchev–Trinajstić information content (AvgIpc) is 3.54. The fourth-order valence-corrected chi connectivity index (χ4v) is 11.6. The van der Waals surface area contributed by atoms with Crippen LogP contribution in [-0.4, -0.2) is 40.4 Å². The van der Waals surface area contributed by atoms with Gasteiger partial charge < -0.3 is 13.5 Å². The number of halogens is 5. The molecule has 0 aliphatic carbocycles. The van der Waals surface area contributed by atoms with Crippen LogP contribution in [0.2, 0.25) is 0 Å². The van der Waals surface area contributed by atoms with E-state index >= 15 is 8.78 Å². The third kappa shape index (κ3) is 7.15. The van der Waals surface area contributed by atoms with Gasteiger partial charge in [0.15, 0.2) is 29.0 Å². The third-order valence-corrected chi connectivity index (χ3v) is 14.4. The number of fused-ring (bicyclic) bond motifs is 2. The number of ketones is 1. The van der Waals surface area contributed by atoms with Crippen molar-refractivity contribution in [3.63, 3.8) is 0 Å². The first-order valence-corrected chi connectivity index (χ1v) is 20.2. The average molecular weight is 811 g/mol. The number of aryl methyl sites for hydroxylation is 1. The number of benzene rings is 5. The molecule has 5 aromatic carbocycles. The first-order valence-electron chi connectivity index (χ1n) is 18.7. The molecular formula is C47H43F5N2O3S. The molecule has 2 heterocycles. The fraction of sp³-hybridized carbons (Fsp3) is 0.234. The van der Waals surface area contributed by atoms with E-state index in [2.05, 4.69) is 6.58 Å². The van der Waals surface area contributed by atoms with E-state index in [9.17, 15) is 18.0 Å². The van der Waals surface area contributed by atoms with Crippen LogP contribution in [-0.2, 0) is 10.7 Å². The highest BCUT2D eigenvalue weighted by molar-refractivity contribution is 8.31. The van der Waals surface area contributed by atoms with E-state index in [-0.39, 0.29) is 16.5 Å². The summed E-state index contributed by atoms with van der Waals surface area (Å²) in [7, 11) is -1.06. The third-order valence-electron chi connectivity index (χ3n) is 10.3. The number of nitrogens with zero attached hydrogens (tertiary/aromatic N) is 2. The SMILES string of the molecule is C=C1CC(C)=Nc2c1cc(C)c(-c1cccc3c(C(=O)c4cc(F)c(F)c(F)c4)cn(CC(F)(F)COS(c4ccccc4)(c4ccccc4)C(C)(C)C)c13)c2OC. The molecule has 0 saturated heterocycles. The van der Waals surface area contributed by atoms with Crippen LogP contribution < -0.4 is 4.74 Å². The normalized spacial score (nSPS) is 13.7. The van der Waals surface area contributed by atoms with Crippen LogP contribution in [0.4, 0.5) is 27.6 Å². The Morgan fingerprint density at radius 1 is 0.862 bits per heavy atom. The predicted molar refractivity (Wildman–Crippen MR) is 222 cm³/mol. The first kappa shape index (κ1) is 40.7. The molecule has 300 valence electrons. The van der Waals surface area contributed by atoms with Gasteiger partial charge in [-0.1, -0.05) is 71.5 Å². The van der Waals surface area contributed by atoms with Gasteiger partial charge in [-0.05, 0) is 88.2 Å². The number of aliphatic imine (C=N–C) groups is 1. The highest BCUT2D eigenvalue weighted by Crippen LogP contribution is 2.71.